The quantitative estimate of drug-likeness (QED) is 0.0278. The van der Waals surface area contributed by atoms with Crippen LogP contribution in [0.3, 0.4) is 0 Å². The number of nitrogens with zero attached hydrogens (tertiary/aromatic N) is 7. The fraction of sp³-hybridized carbons (Fsp3) is 0.146. The molecule has 0 bridgehead atoms. The molecule has 22 nitrogen and oxygen atoms in total. The summed E-state index contributed by atoms with van der Waals surface area (Å²) in [5.41, 5.74) is 1.71. The highest BCUT2D eigenvalue weighted by atomic mass is 32.2. The highest BCUT2D eigenvalue weighted by Gasteiger charge is 2.25. The summed E-state index contributed by atoms with van der Waals surface area (Å²) >= 11 is 0. The van der Waals surface area contributed by atoms with Crippen LogP contribution < -0.4 is 10.3 Å². The van der Waals surface area contributed by atoms with Gasteiger partial charge in [0.1, 0.15) is 22.5 Å². The van der Waals surface area contributed by atoms with E-state index in [4.69, 9.17) is 0 Å². The summed E-state index contributed by atoms with van der Waals surface area (Å²) in [5.74, 6) is -4.32. The van der Waals surface area contributed by atoms with Gasteiger partial charge in [-0.3, -0.25) is 23.2 Å². The van der Waals surface area contributed by atoms with E-state index in [0.29, 0.717) is 16.7 Å². The lowest BCUT2D eigenvalue weighted by atomic mass is 10.0. The van der Waals surface area contributed by atoms with Crippen molar-refractivity contribution in [3.05, 3.63) is 153 Å². The molecule has 1 aliphatic heterocycles. The Morgan fingerprint density at radius 1 is 0.833 bits per heavy atom. The molecule has 1 atom stereocenters. The molecule has 1 aliphatic rings. The Hall–Kier alpha value is -7.26. The third kappa shape index (κ3) is 13.4. The van der Waals surface area contributed by atoms with Crippen LogP contribution in [0.4, 0.5) is 17.3 Å². The summed E-state index contributed by atoms with van der Waals surface area (Å²) in [4.78, 5) is 41.9. The zero-order valence-corrected chi connectivity index (χ0v) is 36.6. The second kappa shape index (κ2) is 20.3. The molecule has 66 heavy (non-hydrogen) atoms. The summed E-state index contributed by atoms with van der Waals surface area (Å²) in [5, 5.41) is 34.5. The van der Waals surface area contributed by atoms with Crippen molar-refractivity contribution in [1.82, 2.24) is 15.0 Å². The second-order valence-corrected chi connectivity index (χ2v) is 18.3. The van der Waals surface area contributed by atoms with Gasteiger partial charge in [0.15, 0.2) is 0 Å². The van der Waals surface area contributed by atoms with Gasteiger partial charge in [0.25, 0.3) is 30.4 Å². The van der Waals surface area contributed by atoms with E-state index in [1.165, 1.54) is 60.8 Å². The first-order valence-electron chi connectivity index (χ1n) is 19.1. The zero-order chi connectivity index (χ0) is 47.8. The number of carboxylic acids is 2. The maximum atomic E-state index is 12.6. The number of aliphatic carboxylic acids is 2. The molecule has 4 aromatic carbocycles. The first-order chi connectivity index (χ1) is 31.1. The maximum Gasteiger partial charge on any atom is 0.307 e. The maximum absolute atomic E-state index is 12.6. The largest absolute Gasteiger partial charge is 0.503 e. The molecule has 0 radical (unpaired) electrons. The van der Waals surface area contributed by atoms with Crippen molar-refractivity contribution in [2.24, 2.45) is 10.9 Å². The smallest absolute Gasteiger partial charge is 0.307 e. The predicted octanol–water partition coefficient (Wildman–Crippen LogP) is 4.31. The number of aliphatic imine (C=N–C) groups is 1. The molecular weight excluding hydrogens is 923 g/mol. The van der Waals surface area contributed by atoms with Crippen molar-refractivity contribution >= 4 is 83.9 Å². The molecule has 0 saturated heterocycles. The van der Waals surface area contributed by atoms with Crippen LogP contribution >= 0.6 is 0 Å². The highest BCUT2D eigenvalue weighted by molar-refractivity contribution is 7.86. The van der Waals surface area contributed by atoms with Crippen LogP contribution in [0, 0.1) is 18.4 Å². The van der Waals surface area contributed by atoms with Crippen molar-refractivity contribution in [2.75, 3.05) is 5.32 Å². The standard InChI is InChI=1S/C41H37N9O13S3/c1-2-42-39-46-35(20-26-6-5-7-30(18-26)64(55,56)57)48-40(50-39)43-29-17-16-27(33(23-29)66(61,62)63)15-14-24-10-12-25(13-11-24)19-34-45-36(21-28(38(53)54)22-37(51)52)49-41(47-34)44-31-8-3-4-9-32(31)65(58,59)60/h2-18,23,28,46H,19-22H2,1H3,(H,51,52)(H,53,54)(H,55,56,57)(H,58,59,60)(H,61,62,63)(H,44,45,47,49)/q-2/b15-14+,42-2?. The van der Waals surface area contributed by atoms with Crippen LogP contribution in [0.15, 0.2) is 111 Å². The molecule has 6 rings (SSSR count). The number of para-hydroxylation sites is 1. The number of carbonyl (C=O) groups is 2. The third-order valence-electron chi connectivity index (χ3n) is 9.16. The van der Waals surface area contributed by atoms with Gasteiger partial charge in [0.05, 0.1) is 34.1 Å². The Kier molecular flexibility index (Phi) is 14.8. The molecular formula is C41H37N9O13S3-2. The number of aromatic nitrogens is 3. The van der Waals surface area contributed by atoms with Crippen molar-refractivity contribution in [3.63, 3.8) is 0 Å². The highest BCUT2D eigenvalue weighted by Crippen LogP contribution is 2.39. The normalized spacial score (nSPS) is 13.9. The van der Waals surface area contributed by atoms with E-state index < -0.39 is 70.8 Å². The second-order valence-electron chi connectivity index (χ2n) is 14.1. The van der Waals surface area contributed by atoms with Crippen LogP contribution in [0.1, 0.15) is 47.2 Å². The van der Waals surface area contributed by atoms with E-state index in [1.807, 2.05) is 0 Å². The summed E-state index contributed by atoms with van der Waals surface area (Å²) in [6.45, 7) is 1.64. The topological polar surface area (TPSA) is 357 Å². The van der Waals surface area contributed by atoms with E-state index in [0.717, 1.165) is 12.1 Å². The molecule has 344 valence electrons. The Labute approximate surface area is 378 Å². The molecule has 5 aromatic rings. The Bertz CT molecular complexity index is 3080. The lowest BCUT2D eigenvalue weighted by molar-refractivity contribution is -0.438. The molecule has 0 spiro atoms. The number of benzene rings is 4. The Balaban J connectivity index is 1.19. The number of hydrogen-bond acceptors (Lipinski definition) is 13. The summed E-state index contributed by atoms with van der Waals surface area (Å²) in [6.07, 6.45) is 3.50. The van der Waals surface area contributed by atoms with Gasteiger partial charge in [0, 0.05) is 12.8 Å². The van der Waals surface area contributed by atoms with Crippen LogP contribution in [0.5, 0.6) is 0 Å². The number of guanidine groups is 1. The van der Waals surface area contributed by atoms with Gasteiger partial charge in [-0.15, -0.1) is 5.69 Å². The molecule has 7 N–H and O–H groups in total. The van der Waals surface area contributed by atoms with Gasteiger partial charge < -0.3 is 36.1 Å². The lowest BCUT2D eigenvalue weighted by Gasteiger charge is -2.45. The Morgan fingerprint density at radius 2 is 1.55 bits per heavy atom. The predicted molar refractivity (Wildman–Crippen MR) is 237 cm³/mol. The number of anilines is 2. The minimum atomic E-state index is -4.81. The summed E-state index contributed by atoms with van der Waals surface area (Å²) in [6, 6.07) is 21.6. The summed E-state index contributed by atoms with van der Waals surface area (Å²) < 4.78 is 102. The van der Waals surface area contributed by atoms with Gasteiger partial charge in [-0.1, -0.05) is 90.9 Å². The van der Waals surface area contributed by atoms with E-state index in [1.54, 1.807) is 43.3 Å². The van der Waals surface area contributed by atoms with Gasteiger partial charge in [0.2, 0.25) is 5.95 Å². The minimum Gasteiger partial charge on any atom is -0.503 e. The third-order valence-corrected chi connectivity index (χ3v) is 11.8. The molecule has 0 saturated carbocycles. The van der Waals surface area contributed by atoms with E-state index in [2.05, 4.69) is 46.2 Å². The molecule has 0 amide bonds. The summed E-state index contributed by atoms with van der Waals surface area (Å²) in [7, 11) is -14.0. The van der Waals surface area contributed by atoms with Crippen LogP contribution in [0.2, 0.25) is 0 Å². The van der Waals surface area contributed by atoms with Gasteiger partial charge >= 0.3 is 11.9 Å². The molecule has 1 unspecified atom stereocenters. The lowest BCUT2D eigenvalue weighted by Crippen LogP contribution is -2.76. The molecule has 1 aromatic heterocycles. The van der Waals surface area contributed by atoms with Gasteiger partial charge in [-0.25, -0.2) is 11.1 Å². The minimum absolute atomic E-state index is 0.0286. The van der Waals surface area contributed by atoms with Crippen molar-refractivity contribution in [3.8, 4) is 0 Å². The SMILES string of the molecule is CC=NC1=[NH+][C-](Cc2cccc(S(=O)(=O)O)c2)[N-][C+]([N-]c2ccc(/C=C/c3ccc(Cc4nc(CC(CC(=O)O)C(=O)O)nc(Nc5ccccc5S(=O)(=O)O)n4)cc3)c(S(=O)(=O)O)c2)[N-]1. The number of rotatable bonds is 18. The first-order valence-corrected chi connectivity index (χ1v) is 23.4. The molecule has 25 heteroatoms. The van der Waals surface area contributed by atoms with Gasteiger partial charge in [-0.05, 0) is 54.1 Å². The van der Waals surface area contributed by atoms with Crippen LogP contribution in [-0.4, -0.2) is 88.2 Å². The van der Waals surface area contributed by atoms with E-state index in [-0.39, 0.29) is 70.7 Å². The number of carboxylic acid groups (broad SMARTS) is 2. The van der Waals surface area contributed by atoms with Crippen molar-refractivity contribution in [1.29, 1.82) is 0 Å². The Morgan fingerprint density at radius 3 is 2.21 bits per heavy atom. The molecule has 0 aliphatic carbocycles. The molecule has 2 heterocycles. The van der Waals surface area contributed by atoms with Crippen LogP contribution in [0.25, 0.3) is 28.1 Å². The number of nitrogens with one attached hydrogen (secondary N) is 2. The van der Waals surface area contributed by atoms with Crippen LogP contribution in [-0.2, 0) is 59.2 Å². The van der Waals surface area contributed by atoms with Crippen molar-refractivity contribution < 1.29 is 63.7 Å². The average Bonchev–Trinajstić information content (AvgIpc) is 3.22. The van der Waals surface area contributed by atoms with Crippen molar-refractivity contribution in [2.45, 2.75) is 47.3 Å². The van der Waals surface area contributed by atoms with E-state index in [9.17, 15) is 58.7 Å². The first kappa shape index (κ1) is 48.2. The fourth-order valence-corrected chi connectivity index (χ4v) is 8.13. The monoisotopic (exact) mass is 959 g/mol. The van der Waals surface area contributed by atoms with Gasteiger partial charge in [-0.2, -0.15) is 40.5 Å². The zero-order valence-electron chi connectivity index (χ0n) is 34.2. The average molecular weight is 960 g/mol. The molecule has 0 fully saturated rings. The van der Waals surface area contributed by atoms with E-state index >= 15 is 0 Å². The number of hydrogen-bond donors (Lipinski definition) is 7. The fourth-order valence-electron chi connectivity index (χ4n) is 6.22.